The van der Waals surface area contributed by atoms with E-state index in [4.69, 9.17) is 5.73 Å². The van der Waals surface area contributed by atoms with E-state index in [1.807, 2.05) is 0 Å². The lowest BCUT2D eigenvalue weighted by molar-refractivity contribution is -0.135. The van der Waals surface area contributed by atoms with Gasteiger partial charge >= 0.3 is 6.18 Å². The van der Waals surface area contributed by atoms with Crippen molar-refractivity contribution in [2.45, 2.75) is 25.4 Å². The van der Waals surface area contributed by atoms with E-state index in [0.29, 0.717) is 0 Å². The van der Waals surface area contributed by atoms with E-state index >= 15 is 0 Å². The molecule has 16 heavy (non-hydrogen) atoms. The first kappa shape index (κ1) is 12.5. The number of rotatable bonds is 4. The van der Waals surface area contributed by atoms with Gasteiger partial charge in [0.25, 0.3) is 0 Å². The predicted molar refractivity (Wildman–Crippen MR) is 52.9 cm³/mol. The molecule has 0 fully saturated rings. The average molecular weight is 232 g/mol. The SMILES string of the molecule is Nc1cccnc1C(=O)CCCC(F)(F)F. The van der Waals surface area contributed by atoms with E-state index in [1.54, 1.807) is 6.07 Å². The largest absolute Gasteiger partial charge is 0.397 e. The number of carbonyl (C=O) groups is 1. The molecule has 0 aliphatic heterocycles. The summed E-state index contributed by atoms with van der Waals surface area (Å²) >= 11 is 0. The van der Waals surface area contributed by atoms with Gasteiger partial charge in [-0.3, -0.25) is 9.78 Å². The fraction of sp³-hybridized carbons (Fsp3) is 0.400. The molecular formula is C10H11F3N2O. The lowest BCUT2D eigenvalue weighted by atomic mass is 10.1. The number of nitrogen functional groups attached to an aromatic ring is 1. The molecule has 0 amide bonds. The van der Waals surface area contributed by atoms with Crippen LogP contribution in [-0.2, 0) is 0 Å². The molecule has 1 aromatic heterocycles. The van der Waals surface area contributed by atoms with Gasteiger partial charge in [-0.25, -0.2) is 0 Å². The van der Waals surface area contributed by atoms with Crippen molar-refractivity contribution in [2.24, 2.45) is 0 Å². The third-order valence-corrected chi connectivity index (χ3v) is 1.97. The summed E-state index contributed by atoms with van der Waals surface area (Å²) in [4.78, 5) is 15.2. The van der Waals surface area contributed by atoms with Crippen LogP contribution in [0.2, 0.25) is 0 Å². The summed E-state index contributed by atoms with van der Waals surface area (Å²) in [5.74, 6) is -0.456. The Bertz CT molecular complexity index is 377. The number of Topliss-reactive ketones (excluding diaryl/α,β-unsaturated/α-hetero) is 1. The van der Waals surface area contributed by atoms with Gasteiger partial charge < -0.3 is 5.73 Å². The number of nitrogens with zero attached hydrogens (tertiary/aromatic N) is 1. The smallest absolute Gasteiger partial charge is 0.389 e. The van der Waals surface area contributed by atoms with Crippen LogP contribution in [0.1, 0.15) is 29.8 Å². The van der Waals surface area contributed by atoms with Crippen LogP contribution in [0.25, 0.3) is 0 Å². The Morgan fingerprint density at radius 3 is 2.69 bits per heavy atom. The molecule has 0 bridgehead atoms. The first-order chi connectivity index (χ1) is 7.40. The van der Waals surface area contributed by atoms with Crippen LogP contribution < -0.4 is 5.73 Å². The van der Waals surface area contributed by atoms with Crippen LogP contribution in [0, 0.1) is 0 Å². The molecule has 0 saturated carbocycles. The number of aromatic nitrogens is 1. The minimum atomic E-state index is -4.23. The van der Waals surface area contributed by atoms with Gasteiger partial charge in [-0.15, -0.1) is 0 Å². The van der Waals surface area contributed by atoms with Gasteiger partial charge in [-0.05, 0) is 18.6 Å². The first-order valence-electron chi connectivity index (χ1n) is 4.70. The highest BCUT2D eigenvalue weighted by molar-refractivity contribution is 5.98. The molecule has 3 nitrogen and oxygen atoms in total. The Kier molecular flexibility index (Phi) is 3.87. The Balaban J connectivity index is 2.51. The summed E-state index contributed by atoms with van der Waals surface area (Å²) in [6, 6.07) is 3.05. The van der Waals surface area contributed by atoms with Crippen molar-refractivity contribution in [1.82, 2.24) is 4.98 Å². The number of carbonyl (C=O) groups excluding carboxylic acids is 1. The van der Waals surface area contributed by atoms with E-state index in [2.05, 4.69) is 4.98 Å². The zero-order chi connectivity index (χ0) is 12.2. The minimum Gasteiger partial charge on any atom is -0.397 e. The Morgan fingerprint density at radius 2 is 2.12 bits per heavy atom. The standard InChI is InChI=1S/C10H11F3N2O/c11-10(12,13)5-1-4-8(16)9-7(14)3-2-6-15-9/h2-3,6H,1,4-5,14H2. The zero-order valence-corrected chi connectivity index (χ0v) is 8.42. The summed E-state index contributed by atoms with van der Waals surface area (Å²) in [6.07, 6.45) is -4.24. The molecule has 0 radical (unpaired) electrons. The van der Waals surface area contributed by atoms with E-state index in [9.17, 15) is 18.0 Å². The second-order valence-corrected chi connectivity index (χ2v) is 3.33. The van der Waals surface area contributed by atoms with Crippen molar-refractivity contribution in [1.29, 1.82) is 0 Å². The van der Waals surface area contributed by atoms with Crippen LogP contribution in [0.15, 0.2) is 18.3 Å². The van der Waals surface area contributed by atoms with Crippen molar-refractivity contribution in [3.8, 4) is 0 Å². The van der Waals surface area contributed by atoms with Crippen LogP contribution in [0.4, 0.5) is 18.9 Å². The number of alkyl halides is 3. The Morgan fingerprint density at radius 1 is 1.44 bits per heavy atom. The highest BCUT2D eigenvalue weighted by Gasteiger charge is 2.26. The number of ketones is 1. The fourth-order valence-corrected chi connectivity index (χ4v) is 1.22. The highest BCUT2D eigenvalue weighted by Crippen LogP contribution is 2.23. The lowest BCUT2D eigenvalue weighted by Gasteiger charge is -2.05. The zero-order valence-electron chi connectivity index (χ0n) is 8.42. The minimum absolute atomic E-state index is 0.0460. The molecule has 1 heterocycles. The molecule has 1 aromatic rings. The molecule has 0 atom stereocenters. The van der Waals surface area contributed by atoms with Crippen molar-refractivity contribution in [3.05, 3.63) is 24.0 Å². The summed E-state index contributed by atoms with van der Waals surface area (Å²) in [7, 11) is 0. The maximum atomic E-state index is 11.8. The number of nitrogens with two attached hydrogens (primary N) is 1. The van der Waals surface area contributed by atoms with E-state index in [1.165, 1.54) is 12.3 Å². The van der Waals surface area contributed by atoms with Crippen molar-refractivity contribution in [2.75, 3.05) is 5.73 Å². The lowest BCUT2D eigenvalue weighted by Crippen LogP contribution is -2.10. The van der Waals surface area contributed by atoms with Crippen LogP contribution in [-0.4, -0.2) is 16.9 Å². The van der Waals surface area contributed by atoms with Crippen LogP contribution >= 0.6 is 0 Å². The van der Waals surface area contributed by atoms with E-state index in [0.717, 1.165) is 0 Å². The predicted octanol–water partition coefficient (Wildman–Crippen LogP) is 2.58. The number of hydrogen-bond acceptors (Lipinski definition) is 3. The topological polar surface area (TPSA) is 56.0 Å². The molecule has 1 rings (SSSR count). The van der Waals surface area contributed by atoms with Crippen LogP contribution in [0.5, 0.6) is 0 Å². The Hall–Kier alpha value is -1.59. The van der Waals surface area contributed by atoms with Crippen molar-refractivity contribution >= 4 is 11.5 Å². The quantitative estimate of drug-likeness (QED) is 0.811. The summed E-state index contributed by atoms with van der Waals surface area (Å²) in [5, 5.41) is 0. The van der Waals surface area contributed by atoms with Gasteiger partial charge in [0.2, 0.25) is 0 Å². The molecule has 0 aliphatic carbocycles. The van der Waals surface area contributed by atoms with Crippen LogP contribution in [0.3, 0.4) is 0 Å². The second kappa shape index (κ2) is 4.96. The molecule has 0 aromatic carbocycles. The third-order valence-electron chi connectivity index (χ3n) is 1.97. The highest BCUT2D eigenvalue weighted by atomic mass is 19.4. The second-order valence-electron chi connectivity index (χ2n) is 3.33. The van der Waals surface area contributed by atoms with Gasteiger partial charge in [0, 0.05) is 19.0 Å². The van der Waals surface area contributed by atoms with Gasteiger partial charge in [0.1, 0.15) is 5.69 Å². The molecular weight excluding hydrogens is 221 g/mol. The molecule has 0 aliphatic rings. The van der Waals surface area contributed by atoms with Gasteiger partial charge in [0.15, 0.2) is 5.78 Å². The number of halogens is 3. The average Bonchev–Trinajstić information content (AvgIpc) is 2.16. The molecule has 0 saturated heterocycles. The van der Waals surface area contributed by atoms with Gasteiger partial charge in [-0.1, -0.05) is 0 Å². The van der Waals surface area contributed by atoms with Crippen molar-refractivity contribution < 1.29 is 18.0 Å². The molecule has 2 N–H and O–H groups in total. The normalized spacial score (nSPS) is 11.4. The maximum Gasteiger partial charge on any atom is 0.389 e. The third kappa shape index (κ3) is 3.88. The number of anilines is 1. The summed E-state index contributed by atoms with van der Waals surface area (Å²) in [6.45, 7) is 0. The monoisotopic (exact) mass is 232 g/mol. The van der Waals surface area contributed by atoms with Gasteiger partial charge in [0.05, 0.1) is 5.69 Å². The molecule has 6 heteroatoms. The maximum absolute atomic E-state index is 11.8. The number of pyridine rings is 1. The first-order valence-corrected chi connectivity index (χ1v) is 4.70. The fourth-order valence-electron chi connectivity index (χ4n) is 1.22. The van der Waals surface area contributed by atoms with E-state index in [-0.39, 0.29) is 24.2 Å². The molecule has 0 spiro atoms. The Labute approximate surface area is 90.5 Å². The van der Waals surface area contributed by atoms with E-state index < -0.39 is 18.4 Å². The van der Waals surface area contributed by atoms with Crippen molar-refractivity contribution in [3.63, 3.8) is 0 Å². The van der Waals surface area contributed by atoms with Gasteiger partial charge in [-0.2, -0.15) is 13.2 Å². The summed E-state index contributed by atoms with van der Waals surface area (Å²) in [5.41, 5.74) is 5.71. The summed E-state index contributed by atoms with van der Waals surface area (Å²) < 4.78 is 35.5. The molecule has 88 valence electrons. The number of hydrogen-bond donors (Lipinski definition) is 1. The molecule has 0 unspecified atom stereocenters.